The maximum atomic E-state index is 12.7. The van der Waals surface area contributed by atoms with Crippen LogP contribution in [-0.4, -0.2) is 26.8 Å². The normalized spacial score (nSPS) is 11.0. The number of hydrogen-bond acceptors (Lipinski definition) is 5. The van der Waals surface area contributed by atoms with Gasteiger partial charge in [0.25, 0.3) is 11.8 Å². The summed E-state index contributed by atoms with van der Waals surface area (Å²) < 4.78 is 33.3. The molecule has 0 aliphatic rings. The van der Waals surface area contributed by atoms with Gasteiger partial charge in [-0.15, -0.1) is 0 Å². The summed E-state index contributed by atoms with van der Waals surface area (Å²) in [5.74, 6) is -0.656. The summed E-state index contributed by atoms with van der Waals surface area (Å²) in [5, 5.41) is 0. The molecule has 178 valence electrons. The lowest BCUT2D eigenvalue weighted by Gasteiger charge is -2.12. The first-order valence-electron chi connectivity index (χ1n) is 10.6. The Morgan fingerprint density at radius 2 is 1.53 bits per heavy atom. The number of rotatable bonds is 8. The van der Waals surface area contributed by atoms with Gasteiger partial charge in [0.1, 0.15) is 5.75 Å². The van der Waals surface area contributed by atoms with E-state index in [1.807, 2.05) is 56.3 Å². The average Bonchev–Trinajstić information content (AvgIpc) is 2.83. The molecule has 0 aliphatic carbocycles. The number of benzene rings is 3. The number of carbonyl (C=O) groups is 2. The van der Waals surface area contributed by atoms with Crippen LogP contribution in [0, 0.1) is 20.8 Å². The zero-order valence-corrected chi connectivity index (χ0v) is 20.0. The van der Waals surface area contributed by atoms with E-state index in [1.165, 1.54) is 18.2 Å². The summed E-state index contributed by atoms with van der Waals surface area (Å²) in [7, 11) is -3.85. The second kappa shape index (κ2) is 11.0. The van der Waals surface area contributed by atoms with Crippen molar-refractivity contribution < 1.29 is 22.7 Å². The second-order valence-corrected chi connectivity index (χ2v) is 9.59. The third-order valence-electron chi connectivity index (χ3n) is 5.24. The first-order chi connectivity index (χ1) is 16.2. The fourth-order valence-electron chi connectivity index (χ4n) is 3.05. The molecule has 9 heteroatoms. The highest BCUT2D eigenvalue weighted by Crippen LogP contribution is 2.17. The zero-order valence-electron chi connectivity index (χ0n) is 19.2. The van der Waals surface area contributed by atoms with Crippen LogP contribution in [0.5, 0.6) is 5.75 Å². The number of sulfonamides is 1. The van der Waals surface area contributed by atoms with Crippen molar-refractivity contribution in [2.24, 2.45) is 0 Å². The molecule has 3 N–H and O–H groups in total. The van der Waals surface area contributed by atoms with Gasteiger partial charge < -0.3 is 4.74 Å². The van der Waals surface area contributed by atoms with Crippen LogP contribution in [0.1, 0.15) is 32.6 Å². The second-order valence-electron chi connectivity index (χ2n) is 7.82. The summed E-state index contributed by atoms with van der Waals surface area (Å²) in [6, 6.07) is 18.8. The number of nitrogens with one attached hydrogen (secondary N) is 3. The molecule has 0 saturated heterocycles. The van der Waals surface area contributed by atoms with Crippen molar-refractivity contribution in [3.8, 4) is 5.75 Å². The standard InChI is InChI=1S/C25H27N3O5S/c1-17-9-11-21(13-19(17)3)33-16-24(29)27-28-25(30)23-14-22(12-10-18(23)2)34(31,32)26-15-20-7-5-4-6-8-20/h4-14,26H,15-16H2,1-3H3,(H,27,29)(H,28,30). The molecule has 0 bridgehead atoms. The van der Waals surface area contributed by atoms with Crippen molar-refractivity contribution in [1.29, 1.82) is 0 Å². The molecular weight excluding hydrogens is 454 g/mol. The molecule has 0 heterocycles. The van der Waals surface area contributed by atoms with Crippen molar-refractivity contribution >= 4 is 21.8 Å². The summed E-state index contributed by atoms with van der Waals surface area (Å²) in [6.07, 6.45) is 0. The van der Waals surface area contributed by atoms with Gasteiger partial charge >= 0.3 is 0 Å². The molecule has 0 radical (unpaired) electrons. The molecule has 0 aromatic heterocycles. The van der Waals surface area contributed by atoms with Crippen LogP contribution in [0.2, 0.25) is 0 Å². The topological polar surface area (TPSA) is 114 Å². The predicted octanol–water partition coefficient (Wildman–Crippen LogP) is 2.93. The molecule has 0 spiro atoms. The van der Waals surface area contributed by atoms with Crippen molar-refractivity contribution in [2.45, 2.75) is 32.2 Å². The number of hydrazine groups is 1. The van der Waals surface area contributed by atoms with Crippen LogP contribution in [0.15, 0.2) is 71.6 Å². The van der Waals surface area contributed by atoms with E-state index in [1.54, 1.807) is 13.0 Å². The Labute approximate surface area is 199 Å². The van der Waals surface area contributed by atoms with Gasteiger partial charge in [0, 0.05) is 12.1 Å². The minimum Gasteiger partial charge on any atom is -0.484 e. The molecule has 0 unspecified atom stereocenters. The van der Waals surface area contributed by atoms with E-state index < -0.39 is 21.8 Å². The Kier molecular flexibility index (Phi) is 8.04. The van der Waals surface area contributed by atoms with Gasteiger partial charge in [0.15, 0.2) is 6.61 Å². The highest BCUT2D eigenvalue weighted by atomic mass is 32.2. The van der Waals surface area contributed by atoms with Crippen LogP contribution < -0.4 is 20.3 Å². The SMILES string of the molecule is Cc1ccc(OCC(=O)NNC(=O)c2cc(S(=O)(=O)NCc3ccccc3)ccc2C)cc1C. The molecule has 2 amide bonds. The first kappa shape index (κ1) is 24.9. The maximum Gasteiger partial charge on any atom is 0.276 e. The average molecular weight is 482 g/mol. The van der Waals surface area contributed by atoms with Crippen LogP contribution in [0.3, 0.4) is 0 Å². The van der Waals surface area contributed by atoms with Gasteiger partial charge in [-0.25, -0.2) is 13.1 Å². The van der Waals surface area contributed by atoms with Gasteiger partial charge in [0.05, 0.1) is 4.90 Å². The van der Waals surface area contributed by atoms with Crippen molar-refractivity contribution in [3.05, 3.63) is 94.5 Å². The van der Waals surface area contributed by atoms with Crippen LogP contribution in [-0.2, 0) is 21.4 Å². The maximum absolute atomic E-state index is 12.7. The van der Waals surface area contributed by atoms with Crippen molar-refractivity contribution in [1.82, 2.24) is 15.6 Å². The number of amides is 2. The van der Waals surface area contributed by atoms with Gasteiger partial charge in [-0.05, 0) is 67.3 Å². The highest BCUT2D eigenvalue weighted by molar-refractivity contribution is 7.89. The molecule has 0 atom stereocenters. The van der Waals surface area contributed by atoms with E-state index in [4.69, 9.17) is 4.74 Å². The summed E-state index contributed by atoms with van der Waals surface area (Å²) in [6.45, 7) is 5.42. The predicted molar refractivity (Wildman–Crippen MR) is 129 cm³/mol. The van der Waals surface area contributed by atoms with Gasteiger partial charge in [-0.3, -0.25) is 20.4 Å². The van der Waals surface area contributed by atoms with E-state index in [2.05, 4.69) is 15.6 Å². The van der Waals surface area contributed by atoms with E-state index in [9.17, 15) is 18.0 Å². The smallest absolute Gasteiger partial charge is 0.276 e. The van der Waals surface area contributed by atoms with Crippen molar-refractivity contribution in [2.75, 3.05) is 6.61 Å². The molecule has 0 aliphatic heterocycles. The molecular formula is C25H27N3O5S. The van der Waals surface area contributed by atoms with E-state index in [0.717, 1.165) is 16.7 Å². The van der Waals surface area contributed by atoms with E-state index >= 15 is 0 Å². The zero-order chi connectivity index (χ0) is 24.7. The Bertz CT molecular complexity index is 1290. The number of carbonyl (C=O) groups excluding carboxylic acids is 2. The molecule has 3 aromatic carbocycles. The quantitative estimate of drug-likeness (QED) is 0.428. The summed E-state index contributed by atoms with van der Waals surface area (Å²) in [4.78, 5) is 24.6. The summed E-state index contributed by atoms with van der Waals surface area (Å²) in [5.41, 5.74) is 8.21. The lowest BCUT2D eigenvalue weighted by Crippen LogP contribution is -2.44. The molecule has 0 fully saturated rings. The van der Waals surface area contributed by atoms with E-state index in [-0.39, 0.29) is 23.6 Å². The monoisotopic (exact) mass is 481 g/mol. The van der Waals surface area contributed by atoms with Crippen LogP contribution in [0.25, 0.3) is 0 Å². The molecule has 3 aromatic rings. The number of ether oxygens (including phenoxy) is 1. The number of hydrogen-bond donors (Lipinski definition) is 3. The van der Waals surface area contributed by atoms with Crippen LogP contribution in [0.4, 0.5) is 0 Å². The lowest BCUT2D eigenvalue weighted by atomic mass is 10.1. The minimum absolute atomic E-state index is 0.0522. The third kappa shape index (κ3) is 6.66. The van der Waals surface area contributed by atoms with Crippen LogP contribution >= 0.6 is 0 Å². The fourth-order valence-corrected chi connectivity index (χ4v) is 4.10. The number of aryl methyl sites for hydroxylation is 3. The lowest BCUT2D eigenvalue weighted by molar-refractivity contribution is -0.123. The molecule has 8 nitrogen and oxygen atoms in total. The molecule has 3 rings (SSSR count). The Morgan fingerprint density at radius 1 is 0.824 bits per heavy atom. The van der Waals surface area contributed by atoms with Gasteiger partial charge in [-0.1, -0.05) is 42.5 Å². The molecule has 0 saturated carbocycles. The highest BCUT2D eigenvalue weighted by Gasteiger charge is 2.18. The van der Waals surface area contributed by atoms with Gasteiger partial charge in [-0.2, -0.15) is 0 Å². The minimum atomic E-state index is -3.85. The Balaban J connectivity index is 1.59. The first-order valence-corrected chi connectivity index (χ1v) is 12.1. The molecule has 34 heavy (non-hydrogen) atoms. The Morgan fingerprint density at radius 3 is 2.24 bits per heavy atom. The van der Waals surface area contributed by atoms with Gasteiger partial charge in [0.2, 0.25) is 10.0 Å². The third-order valence-corrected chi connectivity index (χ3v) is 6.64. The Hall–Kier alpha value is -3.69. The van der Waals surface area contributed by atoms with E-state index in [0.29, 0.717) is 11.3 Å². The largest absolute Gasteiger partial charge is 0.484 e. The van der Waals surface area contributed by atoms with Crippen molar-refractivity contribution in [3.63, 3.8) is 0 Å². The summed E-state index contributed by atoms with van der Waals surface area (Å²) >= 11 is 0. The fraction of sp³-hybridized carbons (Fsp3) is 0.200.